The third kappa shape index (κ3) is 4.56. The van der Waals surface area contributed by atoms with Gasteiger partial charge in [-0.1, -0.05) is 0 Å². The van der Waals surface area contributed by atoms with Gasteiger partial charge in [0.15, 0.2) is 0 Å². The number of carbonyl (C=O) groups excluding carboxylic acids is 2. The predicted octanol–water partition coefficient (Wildman–Crippen LogP) is 0.680. The fraction of sp³-hybridized carbons (Fsp3) is 0.818. The number of alkyl halides is 2. The fourth-order valence-electron chi connectivity index (χ4n) is 1.84. The molecule has 18 heavy (non-hydrogen) atoms. The summed E-state index contributed by atoms with van der Waals surface area (Å²) in [4.78, 5) is 24.4. The molecule has 104 valence electrons. The van der Waals surface area contributed by atoms with Crippen molar-refractivity contribution in [1.82, 2.24) is 4.90 Å². The number of ether oxygens (including phenoxy) is 2. The van der Waals surface area contributed by atoms with Gasteiger partial charge in [0, 0.05) is 13.1 Å². The van der Waals surface area contributed by atoms with Crippen molar-refractivity contribution < 1.29 is 27.8 Å². The van der Waals surface area contributed by atoms with Crippen molar-refractivity contribution in [3.63, 3.8) is 0 Å². The van der Waals surface area contributed by atoms with Crippen LogP contribution in [-0.4, -0.2) is 56.6 Å². The van der Waals surface area contributed by atoms with Crippen LogP contribution in [0.1, 0.15) is 12.8 Å². The van der Waals surface area contributed by atoms with Gasteiger partial charge in [0.05, 0.1) is 26.1 Å². The summed E-state index contributed by atoms with van der Waals surface area (Å²) in [5.74, 6) is -0.782. The highest BCUT2D eigenvalue weighted by molar-refractivity contribution is 5.79. The Labute approximate surface area is 104 Å². The monoisotopic (exact) mass is 265 g/mol. The van der Waals surface area contributed by atoms with Crippen LogP contribution in [0.3, 0.4) is 0 Å². The molecular formula is C11H17F2NO4. The number of methoxy groups -OCH3 is 1. The summed E-state index contributed by atoms with van der Waals surface area (Å²) in [5.41, 5.74) is 0. The summed E-state index contributed by atoms with van der Waals surface area (Å²) in [6, 6.07) is 0. The second kappa shape index (κ2) is 7.25. The van der Waals surface area contributed by atoms with Crippen LogP contribution in [0, 0.1) is 5.92 Å². The number of amides is 1. The lowest BCUT2D eigenvalue weighted by molar-refractivity contribution is -0.145. The van der Waals surface area contributed by atoms with Gasteiger partial charge in [-0.2, -0.15) is 0 Å². The lowest BCUT2D eigenvalue weighted by Crippen LogP contribution is -2.31. The van der Waals surface area contributed by atoms with Crippen LogP contribution in [0.4, 0.5) is 8.78 Å². The molecule has 1 atom stereocenters. The average Bonchev–Trinajstić information content (AvgIpc) is 2.82. The Morgan fingerprint density at radius 2 is 2.17 bits per heavy atom. The highest BCUT2D eigenvalue weighted by atomic mass is 19.3. The number of nitrogens with zero attached hydrogens (tertiary/aromatic N) is 1. The first-order chi connectivity index (χ1) is 8.54. The van der Waals surface area contributed by atoms with Gasteiger partial charge in [-0.15, -0.1) is 0 Å². The zero-order chi connectivity index (χ0) is 13.5. The molecule has 1 heterocycles. The van der Waals surface area contributed by atoms with Crippen molar-refractivity contribution in [2.45, 2.75) is 19.3 Å². The highest BCUT2D eigenvalue weighted by Crippen LogP contribution is 2.18. The first-order valence-corrected chi connectivity index (χ1v) is 5.76. The molecule has 0 aromatic rings. The second-order valence-corrected chi connectivity index (χ2v) is 4.06. The van der Waals surface area contributed by atoms with Crippen molar-refractivity contribution in [3.8, 4) is 0 Å². The number of hydrogen-bond donors (Lipinski definition) is 0. The molecule has 1 fully saturated rings. The van der Waals surface area contributed by atoms with Crippen molar-refractivity contribution in [2.75, 3.05) is 33.4 Å². The number of esters is 1. The Morgan fingerprint density at radius 3 is 2.78 bits per heavy atom. The van der Waals surface area contributed by atoms with Gasteiger partial charge >= 0.3 is 5.97 Å². The quantitative estimate of drug-likeness (QED) is 0.523. The summed E-state index contributed by atoms with van der Waals surface area (Å²) in [5, 5.41) is 0. The molecule has 0 aromatic heterocycles. The van der Waals surface area contributed by atoms with E-state index in [4.69, 9.17) is 0 Å². The second-order valence-electron chi connectivity index (χ2n) is 4.06. The Kier molecular flexibility index (Phi) is 5.97. The highest BCUT2D eigenvalue weighted by Gasteiger charge is 2.31. The normalized spacial score (nSPS) is 19.3. The van der Waals surface area contributed by atoms with E-state index in [-0.39, 0.29) is 30.8 Å². The molecule has 0 aromatic carbocycles. The smallest absolute Gasteiger partial charge is 0.310 e. The molecule has 7 heteroatoms. The zero-order valence-corrected chi connectivity index (χ0v) is 10.2. The van der Waals surface area contributed by atoms with Gasteiger partial charge in [-0.05, 0) is 6.42 Å². The Balaban J connectivity index is 2.21. The van der Waals surface area contributed by atoms with Gasteiger partial charge < -0.3 is 14.4 Å². The van der Waals surface area contributed by atoms with E-state index >= 15 is 0 Å². The van der Waals surface area contributed by atoms with Crippen LogP contribution in [0.15, 0.2) is 0 Å². The standard InChI is InChI=1S/C11H17F2NO4/c1-17-11(16)8-2-4-14(6-8)10(15)3-5-18-7-9(12)13/h8-9H,2-7H2,1H3. The fourth-order valence-corrected chi connectivity index (χ4v) is 1.84. The zero-order valence-electron chi connectivity index (χ0n) is 10.2. The summed E-state index contributed by atoms with van der Waals surface area (Å²) in [6.07, 6.45) is -1.88. The van der Waals surface area contributed by atoms with E-state index < -0.39 is 13.0 Å². The number of hydrogen-bond acceptors (Lipinski definition) is 4. The molecule has 1 unspecified atom stereocenters. The molecule has 5 nitrogen and oxygen atoms in total. The summed E-state index contributed by atoms with van der Waals surface area (Å²) >= 11 is 0. The molecular weight excluding hydrogens is 248 g/mol. The van der Waals surface area contributed by atoms with Crippen molar-refractivity contribution in [3.05, 3.63) is 0 Å². The number of likely N-dealkylation sites (tertiary alicyclic amines) is 1. The minimum absolute atomic E-state index is 0.0252. The van der Waals surface area contributed by atoms with Crippen LogP contribution in [-0.2, 0) is 19.1 Å². The van der Waals surface area contributed by atoms with Gasteiger partial charge in [0.1, 0.15) is 6.61 Å². The lowest BCUT2D eigenvalue weighted by atomic mass is 10.1. The summed E-state index contributed by atoms with van der Waals surface area (Å²) in [6.45, 7) is 0.147. The molecule has 0 spiro atoms. The molecule has 0 N–H and O–H groups in total. The molecule has 0 saturated carbocycles. The molecule has 1 aliphatic heterocycles. The van der Waals surface area contributed by atoms with Gasteiger partial charge in [0.25, 0.3) is 6.43 Å². The van der Waals surface area contributed by atoms with Crippen molar-refractivity contribution >= 4 is 11.9 Å². The van der Waals surface area contributed by atoms with Crippen molar-refractivity contribution in [1.29, 1.82) is 0 Å². The Hall–Kier alpha value is -1.24. The van der Waals surface area contributed by atoms with E-state index in [0.717, 1.165) is 0 Å². The third-order valence-electron chi connectivity index (χ3n) is 2.78. The topological polar surface area (TPSA) is 55.8 Å². The molecule has 0 aliphatic carbocycles. The van der Waals surface area contributed by atoms with Crippen LogP contribution in [0.25, 0.3) is 0 Å². The molecule has 1 amide bonds. The SMILES string of the molecule is COC(=O)C1CCN(C(=O)CCOCC(F)F)C1. The number of carbonyl (C=O) groups is 2. The van der Waals surface area contributed by atoms with Crippen LogP contribution < -0.4 is 0 Å². The number of rotatable bonds is 6. The molecule has 0 bridgehead atoms. The van der Waals surface area contributed by atoms with E-state index in [9.17, 15) is 18.4 Å². The van der Waals surface area contributed by atoms with Crippen LogP contribution in [0.2, 0.25) is 0 Å². The van der Waals surface area contributed by atoms with Crippen LogP contribution in [0.5, 0.6) is 0 Å². The summed E-state index contributed by atoms with van der Waals surface area (Å²) < 4.78 is 32.8. The first-order valence-electron chi connectivity index (χ1n) is 5.76. The molecule has 1 aliphatic rings. The first kappa shape index (κ1) is 14.8. The maximum absolute atomic E-state index is 11.8. The van der Waals surface area contributed by atoms with Crippen molar-refractivity contribution in [2.24, 2.45) is 5.92 Å². The third-order valence-corrected chi connectivity index (χ3v) is 2.78. The maximum atomic E-state index is 11.8. The largest absolute Gasteiger partial charge is 0.469 e. The molecule has 1 saturated heterocycles. The van der Waals surface area contributed by atoms with Crippen LogP contribution >= 0.6 is 0 Å². The average molecular weight is 265 g/mol. The number of halogens is 2. The predicted molar refractivity (Wildman–Crippen MR) is 58.1 cm³/mol. The Morgan fingerprint density at radius 1 is 1.44 bits per heavy atom. The molecule has 1 rings (SSSR count). The van der Waals surface area contributed by atoms with E-state index in [1.807, 2.05) is 0 Å². The minimum atomic E-state index is -2.52. The Bertz CT molecular complexity index is 299. The van der Waals surface area contributed by atoms with E-state index in [0.29, 0.717) is 19.5 Å². The maximum Gasteiger partial charge on any atom is 0.310 e. The van der Waals surface area contributed by atoms with E-state index in [2.05, 4.69) is 9.47 Å². The molecule has 0 radical (unpaired) electrons. The van der Waals surface area contributed by atoms with E-state index in [1.165, 1.54) is 12.0 Å². The van der Waals surface area contributed by atoms with Gasteiger partial charge in [-0.25, -0.2) is 8.78 Å². The van der Waals surface area contributed by atoms with Gasteiger partial charge in [0.2, 0.25) is 5.91 Å². The van der Waals surface area contributed by atoms with E-state index in [1.54, 1.807) is 0 Å². The van der Waals surface area contributed by atoms with Gasteiger partial charge in [-0.3, -0.25) is 9.59 Å². The lowest BCUT2D eigenvalue weighted by Gasteiger charge is -2.16. The minimum Gasteiger partial charge on any atom is -0.469 e. The summed E-state index contributed by atoms with van der Waals surface area (Å²) in [7, 11) is 1.31.